The van der Waals surface area contributed by atoms with E-state index >= 15 is 0 Å². The fraction of sp³-hybridized carbons (Fsp3) is 0.286. The van der Waals surface area contributed by atoms with E-state index in [1.807, 2.05) is 13.0 Å². The molecular weight excluding hydrogens is 426 g/mol. The van der Waals surface area contributed by atoms with E-state index in [1.54, 1.807) is 17.2 Å². The van der Waals surface area contributed by atoms with Crippen LogP contribution in [-0.2, 0) is 6.54 Å². The molecule has 5 N–H and O–H groups in total. The van der Waals surface area contributed by atoms with Crippen LogP contribution in [0.3, 0.4) is 0 Å². The molecule has 4 rings (SSSR count). The van der Waals surface area contributed by atoms with Crippen molar-refractivity contribution in [1.29, 1.82) is 5.26 Å². The fourth-order valence-electron chi connectivity index (χ4n) is 3.68. The average Bonchev–Trinajstić information content (AvgIpc) is 3.15. The number of piperazine rings is 1. The Hall–Kier alpha value is -3.75. The van der Waals surface area contributed by atoms with Crippen molar-refractivity contribution in [2.45, 2.75) is 13.5 Å². The second-order valence-electron chi connectivity index (χ2n) is 7.54. The van der Waals surface area contributed by atoms with E-state index in [9.17, 15) is 10.1 Å². The first kappa shape index (κ1) is 21.5. The lowest BCUT2D eigenvalue weighted by atomic mass is 10.1. The van der Waals surface area contributed by atoms with Crippen molar-refractivity contribution >= 4 is 34.1 Å². The third kappa shape index (κ3) is 4.93. The number of aromatic nitrogens is 3. The van der Waals surface area contributed by atoms with Gasteiger partial charge in [-0.25, -0.2) is 19.7 Å². The maximum atomic E-state index is 11.3. The molecule has 1 fully saturated rings. The topological polar surface area (TPSA) is 150 Å². The van der Waals surface area contributed by atoms with Crippen LogP contribution in [0.1, 0.15) is 16.0 Å². The molecule has 0 radical (unpaired) electrons. The minimum Gasteiger partial charge on any atom is -0.375 e. The van der Waals surface area contributed by atoms with Crippen molar-refractivity contribution in [2.24, 2.45) is 5.73 Å². The molecule has 32 heavy (non-hydrogen) atoms. The first-order valence-corrected chi connectivity index (χ1v) is 10.9. The van der Waals surface area contributed by atoms with Crippen molar-refractivity contribution in [1.82, 2.24) is 24.8 Å². The molecule has 0 saturated carbocycles. The number of carbonyl (C=O) groups excluding carboxylic acids is 1. The summed E-state index contributed by atoms with van der Waals surface area (Å²) in [6.45, 7) is 5.64. The molecule has 0 aliphatic carbocycles. The zero-order chi connectivity index (χ0) is 22.7. The second-order valence-corrected chi connectivity index (χ2v) is 8.57. The Bertz CT molecular complexity index is 1180. The van der Waals surface area contributed by atoms with Gasteiger partial charge in [0.2, 0.25) is 5.95 Å². The van der Waals surface area contributed by atoms with Crippen molar-refractivity contribution < 1.29 is 4.79 Å². The number of carbonyl (C=O) groups is 1. The van der Waals surface area contributed by atoms with E-state index in [0.29, 0.717) is 40.4 Å². The standard InChI is InChI=1S/C21H23N9OS/c1-13-8-14(12-29-4-6-30(7-5-29)20(24)31)10-15(9-13)26-21-25-3-2-16(27-21)18-17(11-22)32-19(23)28-18/h2-3,8-10H,4-7,12H2,1H3,(H2,23,28)(H2,24,31)(H,25,26,27). The molecule has 10 nitrogen and oxygen atoms in total. The molecule has 3 heterocycles. The Kier molecular flexibility index (Phi) is 6.16. The molecule has 3 aromatic rings. The van der Waals surface area contributed by atoms with Crippen LogP contribution in [-0.4, -0.2) is 57.0 Å². The lowest BCUT2D eigenvalue weighted by Gasteiger charge is -2.33. The van der Waals surface area contributed by atoms with E-state index in [2.05, 4.69) is 43.4 Å². The SMILES string of the molecule is Cc1cc(CN2CCN(C(N)=O)CC2)cc(Nc2nccc(-c3nc(N)sc3C#N)n2)c1. The highest BCUT2D eigenvalue weighted by Crippen LogP contribution is 2.28. The summed E-state index contributed by atoms with van der Waals surface area (Å²) < 4.78 is 0. The Labute approximate surface area is 189 Å². The van der Waals surface area contributed by atoms with Gasteiger partial charge in [0.05, 0.1) is 5.69 Å². The Morgan fingerprint density at radius 1 is 1.25 bits per heavy atom. The predicted molar refractivity (Wildman–Crippen MR) is 123 cm³/mol. The Morgan fingerprint density at radius 3 is 2.75 bits per heavy atom. The van der Waals surface area contributed by atoms with Gasteiger partial charge < -0.3 is 21.7 Å². The number of nitrogens with one attached hydrogen (secondary N) is 1. The van der Waals surface area contributed by atoms with Crippen LogP contribution in [0.5, 0.6) is 0 Å². The number of nitrogen functional groups attached to an aromatic ring is 1. The highest BCUT2D eigenvalue weighted by atomic mass is 32.1. The minimum absolute atomic E-state index is 0.324. The summed E-state index contributed by atoms with van der Waals surface area (Å²) in [6, 6.07) is 9.67. The van der Waals surface area contributed by atoms with Crippen molar-refractivity contribution in [2.75, 3.05) is 37.2 Å². The van der Waals surface area contributed by atoms with E-state index < -0.39 is 0 Å². The number of benzene rings is 1. The van der Waals surface area contributed by atoms with Gasteiger partial charge in [-0.2, -0.15) is 5.26 Å². The van der Waals surface area contributed by atoms with Crippen molar-refractivity contribution in [3.05, 3.63) is 46.5 Å². The third-order valence-electron chi connectivity index (χ3n) is 5.13. The average molecular weight is 450 g/mol. The number of thiazole rings is 1. The molecule has 0 atom stereocenters. The van der Waals surface area contributed by atoms with Crippen molar-refractivity contribution in [3.63, 3.8) is 0 Å². The highest BCUT2D eigenvalue weighted by molar-refractivity contribution is 7.16. The highest BCUT2D eigenvalue weighted by Gasteiger charge is 2.19. The van der Waals surface area contributed by atoms with Gasteiger partial charge in [-0.05, 0) is 36.2 Å². The summed E-state index contributed by atoms with van der Waals surface area (Å²) in [6.07, 6.45) is 1.62. The number of nitrogens with zero attached hydrogens (tertiary/aromatic N) is 6. The molecule has 2 amide bonds. The molecule has 1 aliphatic heterocycles. The number of hydrogen-bond acceptors (Lipinski definition) is 9. The lowest BCUT2D eigenvalue weighted by molar-refractivity contribution is 0.140. The predicted octanol–water partition coefficient (Wildman–Crippen LogP) is 2.30. The number of primary amides is 1. The maximum Gasteiger partial charge on any atom is 0.314 e. The van der Waals surface area contributed by atoms with Gasteiger partial charge in [0, 0.05) is 44.6 Å². The molecule has 1 saturated heterocycles. The number of anilines is 3. The van der Waals surface area contributed by atoms with Crippen LogP contribution in [0.4, 0.5) is 21.6 Å². The van der Waals surface area contributed by atoms with Gasteiger partial charge in [0.1, 0.15) is 16.6 Å². The first-order chi connectivity index (χ1) is 15.4. The molecule has 2 aromatic heterocycles. The smallest absolute Gasteiger partial charge is 0.314 e. The van der Waals surface area contributed by atoms with E-state index in [0.717, 1.165) is 47.8 Å². The van der Waals surface area contributed by atoms with Crippen LogP contribution in [0.25, 0.3) is 11.4 Å². The largest absolute Gasteiger partial charge is 0.375 e. The third-order valence-corrected chi connectivity index (χ3v) is 5.92. The fourth-order valence-corrected chi connectivity index (χ4v) is 4.32. The second kappa shape index (κ2) is 9.17. The maximum absolute atomic E-state index is 11.3. The van der Waals surface area contributed by atoms with E-state index in [1.165, 1.54) is 0 Å². The molecule has 0 unspecified atom stereocenters. The van der Waals surface area contributed by atoms with Gasteiger partial charge in [0.15, 0.2) is 5.13 Å². The molecule has 0 spiro atoms. The molecule has 1 aromatic carbocycles. The zero-order valence-corrected chi connectivity index (χ0v) is 18.4. The normalized spacial score (nSPS) is 14.2. The zero-order valence-electron chi connectivity index (χ0n) is 17.6. The van der Waals surface area contributed by atoms with Crippen LogP contribution in [0.15, 0.2) is 30.5 Å². The molecule has 0 bridgehead atoms. The number of urea groups is 1. The quantitative estimate of drug-likeness (QED) is 0.537. The first-order valence-electron chi connectivity index (χ1n) is 10.1. The number of aryl methyl sites for hydroxylation is 1. The minimum atomic E-state index is -0.365. The van der Waals surface area contributed by atoms with Gasteiger partial charge in [0.25, 0.3) is 0 Å². The summed E-state index contributed by atoms with van der Waals surface area (Å²) in [5.74, 6) is 0.407. The van der Waals surface area contributed by atoms with E-state index in [-0.39, 0.29) is 6.03 Å². The molecule has 164 valence electrons. The Balaban J connectivity index is 1.49. The summed E-state index contributed by atoms with van der Waals surface area (Å²) in [5, 5.41) is 12.9. The summed E-state index contributed by atoms with van der Waals surface area (Å²) in [4.78, 5) is 28.7. The number of rotatable bonds is 5. The van der Waals surface area contributed by atoms with Gasteiger partial charge in [-0.1, -0.05) is 17.4 Å². The molecular formula is C21H23N9OS. The summed E-state index contributed by atoms with van der Waals surface area (Å²) in [7, 11) is 0. The number of hydrogen-bond donors (Lipinski definition) is 3. The van der Waals surface area contributed by atoms with Gasteiger partial charge in [-0.3, -0.25) is 4.90 Å². The van der Waals surface area contributed by atoms with E-state index in [4.69, 9.17) is 11.5 Å². The number of nitriles is 1. The monoisotopic (exact) mass is 449 g/mol. The van der Waals surface area contributed by atoms with Crippen LogP contribution in [0, 0.1) is 18.3 Å². The van der Waals surface area contributed by atoms with Gasteiger partial charge >= 0.3 is 6.03 Å². The Morgan fingerprint density at radius 2 is 2.03 bits per heavy atom. The number of amides is 2. The summed E-state index contributed by atoms with van der Waals surface area (Å²) in [5.41, 5.74) is 15.2. The van der Waals surface area contributed by atoms with Crippen molar-refractivity contribution in [3.8, 4) is 17.5 Å². The van der Waals surface area contributed by atoms with Crippen LogP contribution >= 0.6 is 11.3 Å². The summed E-state index contributed by atoms with van der Waals surface area (Å²) >= 11 is 1.13. The lowest BCUT2D eigenvalue weighted by Crippen LogP contribution is -2.50. The van der Waals surface area contributed by atoms with Crippen LogP contribution < -0.4 is 16.8 Å². The van der Waals surface area contributed by atoms with Crippen LogP contribution in [0.2, 0.25) is 0 Å². The number of nitrogens with two attached hydrogens (primary N) is 2. The molecule has 11 heteroatoms. The van der Waals surface area contributed by atoms with Gasteiger partial charge in [-0.15, -0.1) is 0 Å². The molecule has 1 aliphatic rings.